The van der Waals surface area contributed by atoms with Crippen LogP contribution in [-0.4, -0.2) is 44.7 Å². The number of hydrogen-bond donors (Lipinski definition) is 2. The first kappa shape index (κ1) is 17.9. The Bertz CT molecular complexity index is 1010. The Hall–Kier alpha value is -3.49. The van der Waals surface area contributed by atoms with Crippen molar-refractivity contribution >= 4 is 23.3 Å². The van der Waals surface area contributed by atoms with E-state index in [9.17, 15) is 9.59 Å². The topological polar surface area (TPSA) is 119 Å². The van der Waals surface area contributed by atoms with E-state index in [1.165, 1.54) is 0 Å². The largest absolute Gasteiger partial charge is 0.366 e. The maximum absolute atomic E-state index is 12.5. The van der Waals surface area contributed by atoms with Gasteiger partial charge in [-0.2, -0.15) is 4.52 Å². The summed E-state index contributed by atoms with van der Waals surface area (Å²) in [5.74, 6) is 0.383. The van der Waals surface area contributed by atoms with Crippen LogP contribution in [0.3, 0.4) is 0 Å². The molecular weight excluding hydrogens is 358 g/mol. The Morgan fingerprint density at radius 1 is 1.18 bits per heavy atom. The maximum Gasteiger partial charge on any atom is 0.248 e. The molecule has 0 aliphatic carbocycles. The number of benzene rings is 1. The molecule has 0 saturated carbocycles. The van der Waals surface area contributed by atoms with Crippen molar-refractivity contribution in [2.75, 3.05) is 18.0 Å². The van der Waals surface area contributed by atoms with Crippen LogP contribution in [0.25, 0.3) is 5.65 Å². The molecule has 0 atom stereocenters. The highest BCUT2D eigenvalue weighted by molar-refractivity contribution is 5.92. The van der Waals surface area contributed by atoms with Crippen molar-refractivity contribution in [3.63, 3.8) is 0 Å². The van der Waals surface area contributed by atoms with Crippen LogP contribution in [0.2, 0.25) is 0 Å². The third-order valence-electron chi connectivity index (χ3n) is 5.02. The molecule has 1 saturated heterocycles. The van der Waals surface area contributed by atoms with Gasteiger partial charge in [0.2, 0.25) is 11.8 Å². The van der Waals surface area contributed by atoms with E-state index in [0.717, 1.165) is 37.3 Å². The molecule has 3 heterocycles. The van der Waals surface area contributed by atoms with Crippen molar-refractivity contribution in [3.05, 3.63) is 53.9 Å². The number of carbonyl (C=O) groups excluding carboxylic acids is 2. The lowest BCUT2D eigenvalue weighted by atomic mass is 9.96. The van der Waals surface area contributed by atoms with Gasteiger partial charge in [-0.25, -0.2) is 0 Å². The second-order valence-corrected chi connectivity index (χ2v) is 6.87. The highest BCUT2D eigenvalue weighted by Gasteiger charge is 2.25. The van der Waals surface area contributed by atoms with Crippen molar-refractivity contribution in [3.8, 4) is 0 Å². The number of nitrogens with zero attached hydrogens (tertiary/aromatic N) is 5. The van der Waals surface area contributed by atoms with E-state index in [-0.39, 0.29) is 11.8 Å². The maximum atomic E-state index is 12.5. The average molecular weight is 379 g/mol. The van der Waals surface area contributed by atoms with Crippen molar-refractivity contribution < 1.29 is 9.59 Å². The average Bonchev–Trinajstić information content (AvgIpc) is 3.20. The van der Waals surface area contributed by atoms with Crippen molar-refractivity contribution in [1.29, 1.82) is 0 Å². The molecule has 0 spiro atoms. The molecular formula is C19H21N7O2. The lowest BCUT2D eigenvalue weighted by Gasteiger charge is -2.32. The Balaban J connectivity index is 1.31. The summed E-state index contributed by atoms with van der Waals surface area (Å²) in [5, 5.41) is 15.3. The molecule has 2 amide bonds. The van der Waals surface area contributed by atoms with Crippen molar-refractivity contribution in [2.45, 2.75) is 19.4 Å². The predicted octanol–water partition coefficient (Wildman–Crippen LogP) is 0.756. The van der Waals surface area contributed by atoms with Crippen LogP contribution in [0.1, 0.15) is 28.8 Å². The highest BCUT2D eigenvalue weighted by Crippen LogP contribution is 2.22. The number of rotatable bonds is 5. The number of hydrogen-bond acceptors (Lipinski definition) is 6. The van der Waals surface area contributed by atoms with Gasteiger partial charge in [-0.05, 0) is 42.7 Å². The number of piperidine rings is 1. The number of nitrogens with one attached hydrogen (secondary N) is 1. The van der Waals surface area contributed by atoms with E-state index in [4.69, 9.17) is 5.73 Å². The number of carbonyl (C=O) groups is 2. The van der Waals surface area contributed by atoms with Gasteiger partial charge >= 0.3 is 0 Å². The predicted molar refractivity (Wildman–Crippen MR) is 103 cm³/mol. The first-order valence-corrected chi connectivity index (χ1v) is 9.18. The normalized spacial score (nSPS) is 14.9. The molecule has 9 heteroatoms. The monoisotopic (exact) mass is 379 g/mol. The minimum Gasteiger partial charge on any atom is -0.366 e. The molecule has 9 nitrogen and oxygen atoms in total. The number of nitrogens with two attached hydrogens (primary N) is 1. The molecule has 144 valence electrons. The zero-order valence-electron chi connectivity index (χ0n) is 15.3. The molecule has 1 aliphatic heterocycles. The van der Waals surface area contributed by atoms with E-state index in [1.54, 1.807) is 29.0 Å². The highest BCUT2D eigenvalue weighted by atomic mass is 16.2. The minimum atomic E-state index is -0.473. The standard InChI is InChI=1S/C19H21N7O2/c20-18(27)15-3-1-2-13(10-15)11-21-19(28)14-6-8-25(9-7-14)17-5-4-16-23-22-12-26(16)24-17/h1-5,10,12,14H,6-9,11H2,(H2,20,27)(H,21,28). The summed E-state index contributed by atoms with van der Waals surface area (Å²) in [6.45, 7) is 1.90. The van der Waals surface area contributed by atoms with E-state index >= 15 is 0 Å². The minimum absolute atomic E-state index is 0.0331. The van der Waals surface area contributed by atoms with Crippen LogP contribution in [0, 0.1) is 5.92 Å². The summed E-state index contributed by atoms with van der Waals surface area (Å²) in [5.41, 5.74) is 7.30. The van der Waals surface area contributed by atoms with Crippen LogP contribution in [0.5, 0.6) is 0 Å². The first-order chi connectivity index (χ1) is 13.6. The van der Waals surface area contributed by atoms with Crippen LogP contribution in [0.4, 0.5) is 5.82 Å². The van der Waals surface area contributed by atoms with Gasteiger partial charge in [0, 0.05) is 31.1 Å². The molecule has 0 unspecified atom stereocenters. The molecule has 1 aliphatic rings. The Morgan fingerprint density at radius 3 is 2.79 bits per heavy atom. The smallest absolute Gasteiger partial charge is 0.248 e. The van der Waals surface area contributed by atoms with Crippen LogP contribution in [-0.2, 0) is 11.3 Å². The second-order valence-electron chi connectivity index (χ2n) is 6.87. The number of primary amides is 1. The molecule has 1 fully saturated rings. The van der Waals surface area contributed by atoms with Gasteiger partial charge in [0.25, 0.3) is 0 Å². The molecule has 1 aromatic carbocycles. The Labute approximate surface area is 161 Å². The van der Waals surface area contributed by atoms with Gasteiger partial charge in [0.1, 0.15) is 12.1 Å². The van der Waals surface area contributed by atoms with Crippen molar-refractivity contribution in [2.24, 2.45) is 11.7 Å². The summed E-state index contributed by atoms with van der Waals surface area (Å²) in [7, 11) is 0. The summed E-state index contributed by atoms with van der Waals surface area (Å²) in [4.78, 5) is 25.9. The summed E-state index contributed by atoms with van der Waals surface area (Å²) in [6.07, 6.45) is 3.09. The lowest BCUT2D eigenvalue weighted by molar-refractivity contribution is -0.125. The number of anilines is 1. The Kier molecular flexibility index (Phi) is 4.88. The van der Waals surface area contributed by atoms with E-state index in [0.29, 0.717) is 17.8 Å². The van der Waals surface area contributed by atoms with E-state index in [2.05, 4.69) is 25.5 Å². The van der Waals surface area contributed by atoms with Crippen LogP contribution >= 0.6 is 0 Å². The van der Waals surface area contributed by atoms with Gasteiger partial charge in [-0.1, -0.05) is 12.1 Å². The van der Waals surface area contributed by atoms with Gasteiger partial charge in [0.05, 0.1) is 0 Å². The molecule has 0 bridgehead atoms. The number of aromatic nitrogens is 4. The van der Waals surface area contributed by atoms with E-state index in [1.807, 2.05) is 18.2 Å². The van der Waals surface area contributed by atoms with E-state index < -0.39 is 5.91 Å². The molecule has 4 rings (SSSR count). The van der Waals surface area contributed by atoms with Crippen LogP contribution < -0.4 is 16.0 Å². The number of fused-ring (bicyclic) bond motifs is 1. The third-order valence-corrected chi connectivity index (χ3v) is 5.02. The van der Waals surface area contributed by atoms with Crippen LogP contribution in [0.15, 0.2) is 42.7 Å². The third kappa shape index (κ3) is 3.78. The zero-order valence-corrected chi connectivity index (χ0v) is 15.3. The molecule has 0 radical (unpaired) electrons. The molecule has 2 aromatic heterocycles. The first-order valence-electron chi connectivity index (χ1n) is 9.18. The zero-order chi connectivity index (χ0) is 19.5. The fourth-order valence-corrected chi connectivity index (χ4v) is 3.43. The fraction of sp³-hybridized carbons (Fsp3) is 0.316. The van der Waals surface area contributed by atoms with Gasteiger partial charge in [-0.15, -0.1) is 15.3 Å². The second kappa shape index (κ2) is 7.63. The van der Waals surface area contributed by atoms with Gasteiger partial charge < -0.3 is 16.0 Å². The quantitative estimate of drug-likeness (QED) is 0.675. The summed E-state index contributed by atoms with van der Waals surface area (Å²) < 4.78 is 1.65. The fourth-order valence-electron chi connectivity index (χ4n) is 3.43. The summed E-state index contributed by atoms with van der Waals surface area (Å²) >= 11 is 0. The van der Waals surface area contributed by atoms with Gasteiger partial charge in [-0.3, -0.25) is 9.59 Å². The van der Waals surface area contributed by atoms with Crippen molar-refractivity contribution in [1.82, 2.24) is 25.1 Å². The SMILES string of the molecule is NC(=O)c1cccc(CNC(=O)C2CCN(c3ccc4nncn4n3)CC2)c1. The Morgan fingerprint density at radius 2 is 2.00 bits per heavy atom. The molecule has 3 N–H and O–H groups in total. The lowest BCUT2D eigenvalue weighted by Crippen LogP contribution is -2.40. The molecule has 3 aromatic rings. The molecule has 28 heavy (non-hydrogen) atoms. The summed E-state index contributed by atoms with van der Waals surface area (Å²) in [6, 6.07) is 10.8. The number of amides is 2. The van der Waals surface area contributed by atoms with Gasteiger partial charge in [0.15, 0.2) is 5.65 Å².